The van der Waals surface area contributed by atoms with E-state index in [1.54, 1.807) is 18.2 Å². The zero-order chi connectivity index (χ0) is 13.8. The summed E-state index contributed by atoms with van der Waals surface area (Å²) >= 11 is 0. The van der Waals surface area contributed by atoms with E-state index in [-0.39, 0.29) is 6.04 Å². The average Bonchev–Trinajstić information content (AvgIpc) is 2.27. The summed E-state index contributed by atoms with van der Waals surface area (Å²) in [5, 5.41) is 3.35. The molecule has 0 aliphatic rings. The van der Waals surface area contributed by atoms with Gasteiger partial charge in [0.05, 0.1) is 4.90 Å². The molecule has 0 bridgehead atoms. The molecular formula is C14H21NO2S. The average molecular weight is 267 g/mol. The summed E-state index contributed by atoms with van der Waals surface area (Å²) in [5.74, 6) is 0. The molecule has 1 aromatic carbocycles. The second kappa shape index (κ2) is 6.16. The summed E-state index contributed by atoms with van der Waals surface area (Å²) in [6.45, 7) is 8.76. The van der Waals surface area contributed by atoms with Gasteiger partial charge < -0.3 is 5.32 Å². The van der Waals surface area contributed by atoms with Crippen molar-refractivity contribution in [3.05, 3.63) is 42.0 Å². The summed E-state index contributed by atoms with van der Waals surface area (Å²) in [6, 6.07) is 7.22. The zero-order valence-electron chi connectivity index (χ0n) is 11.2. The molecule has 0 saturated heterocycles. The lowest BCUT2D eigenvalue weighted by atomic mass is 10.0. The first-order valence-electron chi connectivity index (χ1n) is 6.02. The highest BCUT2D eigenvalue weighted by Gasteiger charge is 2.13. The molecule has 1 atom stereocenters. The van der Waals surface area contributed by atoms with E-state index in [9.17, 15) is 8.42 Å². The predicted molar refractivity (Wildman–Crippen MR) is 75.4 cm³/mol. The van der Waals surface area contributed by atoms with Crippen molar-refractivity contribution in [3.63, 3.8) is 0 Å². The number of sulfone groups is 1. The Morgan fingerprint density at radius 3 is 2.61 bits per heavy atom. The maximum absolute atomic E-state index is 11.5. The van der Waals surface area contributed by atoms with Crippen LogP contribution in [0.4, 0.5) is 0 Å². The van der Waals surface area contributed by atoms with Crippen molar-refractivity contribution in [2.24, 2.45) is 0 Å². The third-order valence-corrected chi connectivity index (χ3v) is 3.80. The lowest BCUT2D eigenvalue weighted by Crippen LogP contribution is -2.21. The van der Waals surface area contributed by atoms with Crippen LogP contribution in [0.2, 0.25) is 0 Å². The molecule has 0 radical (unpaired) electrons. The van der Waals surface area contributed by atoms with Crippen molar-refractivity contribution >= 4 is 9.84 Å². The molecule has 3 nitrogen and oxygen atoms in total. The number of rotatable bonds is 6. The van der Waals surface area contributed by atoms with Gasteiger partial charge in [-0.1, -0.05) is 24.6 Å². The summed E-state index contributed by atoms with van der Waals surface area (Å²) < 4.78 is 23.1. The molecule has 0 amide bonds. The number of benzene rings is 1. The highest BCUT2D eigenvalue weighted by molar-refractivity contribution is 7.90. The van der Waals surface area contributed by atoms with Crippen LogP contribution in [0.5, 0.6) is 0 Å². The first-order valence-corrected chi connectivity index (χ1v) is 7.91. The number of hydrogen-bond donors (Lipinski definition) is 1. The van der Waals surface area contributed by atoms with E-state index < -0.39 is 9.84 Å². The topological polar surface area (TPSA) is 46.2 Å². The highest BCUT2D eigenvalue weighted by Crippen LogP contribution is 2.22. The van der Waals surface area contributed by atoms with Crippen LogP contribution in [0.25, 0.3) is 0 Å². The Hall–Kier alpha value is -1.13. The summed E-state index contributed by atoms with van der Waals surface area (Å²) in [7, 11) is -3.15. The van der Waals surface area contributed by atoms with Gasteiger partial charge in [0.1, 0.15) is 0 Å². The molecule has 1 N–H and O–H groups in total. The number of nitrogens with one attached hydrogen (secondary N) is 1. The van der Waals surface area contributed by atoms with Crippen LogP contribution in [0.15, 0.2) is 41.3 Å². The summed E-state index contributed by atoms with van der Waals surface area (Å²) in [5.41, 5.74) is 2.06. The fourth-order valence-electron chi connectivity index (χ4n) is 1.86. The van der Waals surface area contributed by atoms with Gasteiger partial charge in [0.15, 0.2) is 9.84 Å². The predicted octanol–water partition coefficient (Wildman–Crippen LogP) is 2.71. The van der Waals surface area contributed by atoms with Gasteiger partial charge in [-0.05, 0) is 37.6 Å². The van der Waals surface area contributed by atoms with Gasteiger partial charge in [-0.15, -0.1) is 6.58 Å². The van der Waals surface area contributed by atoms with Crippen LogP contribution in [0.3, 0.4) is 0 Å². The van der Waals surface area contributed by atoms with Crippen molar-refractivity contribution in [2.45, 2.75) is 31.2 Å². The maximum atomic E-state index is 11.5. The molecule has 1 aromatic rings. The second-order valence-corrected chi connectivity index (χ2v) is 6.63. The maximum Gasteiger partial charge on any atom is 0.175 e. The van der Waals surface area contributed by atoms with Gasteiger partial charge in [0.2, 0.25) is 0 Å². The van der Waals surface area contributed by atoms with E-state index in [0.29, 0.717) is 4.90 Å². The second-order valence-electron chi connectivity index (χ2n) is 4.62. The molecule has 0 aliphatic heterocycles. The minimum Gasteiger partial charge on any atom is -0.310 e. The Kier molecular flexibility index (Phi) is 5.11. The Bertz CT molecular complexity index is 520. The molecule has 0 aliphatic carbocycles. The highest BCUT2D eigenvalue weighted by atomic mass is 32.2. The van der Waals surface area contributed by atoms with Crippen LogP contribution in [0, 0.1) is 0 Å². The monoisotopic (exact) mass is 267 g/mol. The number of hydrogen-bond acceptors (Lipinski definition) is 3. The largest absolute Gasteiger partial charge is 0.310 e. The third-order valence-electron chi connectivity index (χ3n) is 2.69. The van der Waals surface area contributed by atoms with Crippen molar-refractivity contribution in [3.8, 4) is 0 Å². The first-order chi connectivity index (χ1) is 8.34. The van der Waals surface area contributed by atoms with Crippen LogP contribution in [-0.2, 0) is 9.84 Å². The normalized spacial score (nSPS) is 13.3. The van der Waals surface area contributed by atoms with E-state index in [2.05, 4.69) is 11.9 Å². The van der Waals surface area contributed by atoms with Crippen molar-refractivity contribution in [2.75, 3.05) is 12.8 Å². The minimum absolute atomic E-state index is 0.120. The molecule has 0 aromatic heterocycles. The zero-order valence-corrected chi connectivity index (χ0v) is 12.0. The van der Waals surface area contributed by atoms with E-state index in [1.807, 2.05) is 19.9 Å². The fourth-order valence-corrected chi connectivity index (χ4v) is 2.54. The molecule has 18 heavy (non-hydrogen) atoms. The Morgan fingerprint density at radius 1 is 1.44 bits per heavy atom. The van der Waals surface area contributed by atoms with Gasteiger partial charge in [-0.2, -0.15) is 0 Å². The smallest absolute Gasteiger partial charge is 0.175 e. The molecule has 4 heteroatoms. The van der Waals surface area contributed by atoms with Crippen LogP contribution >= 0.6 is 0 Å². The quantitative estimate of drug-likeness (QED) is 0.806. The fraction of sp³-hybridized carbons (Fsp3) is 0.429. The van der Waals surface area contributed by atoms with Gasteiger partial charge in [0, 0.05) is 12.3 Å². The van der Waals surface area contributed by atoms with Gasteiger partial charge in [-0.3, -0.25) is 0 Å². The van der Waals surface area contributed by atoms with Crippen molar-refractivity contribution in [1.82, 2.24) is 5.32 Å². The van der Waals surface area contributed by atoms with E-state index in [1.165, 1.54) is 6.26 Å². The molecule has 1 rings (SSSR count). The van der Waals surface area contributed by atoms with Gasteiger partial charge >= 0.3 is 0 Å². The lowest BCUT2D eigenvalue weighted by Gasteiger charge is -2.19. The Labute approximate surface area is 110 Å². The van der Waals surface area contributed by atoms with Gasteiger partial charge in [-0.25, -0.2) is 8.42 Å². The van der Waals surface area contributed by atoms with Crippen LogP contribution in [0.1, 0.15) is 31.9 Å². The standard InChI is InChI=1S/C14H21NO2S/c1-5-15-14(9-11(2)3)12-7-6-8-13(10-12)18(4,16)17/h6-8,10,14-15H,2,5,9H2,1,3-4H3. The first kappa shape index (κ1) is 14.9. The Balaban J connectivity index is 3.09. The van der Waals surface area contributed by atoms with Gasteiger partial charge in [0.25, 0.3) is 0 Å². The van der Waals surface area contributed by atoms with Crippen molar-refractivity contribution < 1.29 is 8.42 Å². The van der Waals surface area contributed by atoms with E-state index in [0.717, 1.165) is 24.1 Å². The minimum atomic E-state index is -3.15. The molecule has 0 saturated carbocycles. The molecular weight excluding hydrogens is 246 g/mol. The van der Waals surface area contributed by atoms with Crippen LogP contribution < -0.4 is 5.32 Å². The molecule has 100 valence electrons. The van der Waals surface area contributed by atoms with Crippen molar-refractivity contribution in [1.29, 1.82) is 0 Å². The lowest BCUT2D eigenvalue weighted by molar-refractivity contribution is 0.547. The molecule has 0 spiro atoms. The third kappa shape index (κ3) is 4.27. The van der Waals surface area contributed by atoms with E-state index in [4.69, 9.17) is 0 Å². The SMILES string of the molecule is C=C(C)CC(NCC)c1cccc(S(C)(=O)=O)c1. The molecule has 0 fully saturated rings. The molecule has 0 heterocycles. The molecule has 1 unspecified atom stereocenters. The summed E-state index contributed by atoms with van der Waals surface area (Å²) in [4.78, 5) is 0.365. The van der Waals surface area contributed by atoms with E-state index >= 15 is 0 Å². The van der Waals surface area contributed by atoms with Crippen LogP contribution in [-0.4, -0.2) is 21.2 Å². The summed E-state index contributed by atoms with van der Waals surface area (Å²) in [6.07, 6.45) is 2.04. The Morgan fingerprint density at radius 2 is 2.11 bits per heavy atom.